The van der Waals surface area contributed by atoms with E-state index in [1.54, 1.807) is 0 Å². The summed E-state index contributed by atoms with van der Waals surface area (Å²) in [7, 11) is 0. The van der Waals surface area contributed by atoms with E-state index < -0.39 is 11.6 Å². The molecule has 1 aromatic heterocycles. The number of carbonyl (C=O) groups excluding carboxylic acids is 1. The predicted molar refractivity (Wildman–Crippen MR) is 58.5 cm³/mol. The summed E-state index contributed by atoms with van der Waals surface area (Å²) < 4.78 is 13.4. The quantitative estimate of drug-likeness (QED) is 0.617. The topological polar surface area (TPSA) is 56.0 Å². The minimum atomic E-state index is -0.573. The molecule has 80 valence electrons. The molecule has 0 saturated heterocycles. The first-order chi connectivity index (χ1) is 7.68. The van der Waals surface area contributed by atoms with Crippen LogP contribution < -0.4 is 5.73 Å². The van der Waals surface area contributed by atoms with Crippen LogP contribution in [0.2, 0.25) is 0 Å². The Labute approximate surface area is 91.7 Å². The predicted octanol–water partition coefficient (Wildman–Crippen LogP) is 2.03. The van der Waals surface area contributed by atoms with Gasteiger partial charge in [0, 0.05) is 23.6 Å². The van der Waals surface area contributed by atoms with E-state index in [1.807, 2.05) is 0 Å². The molecule has 4 heteroatoms. The molecule has 0 saturated carbocycles. The maximum Gasteiger partial charge on any atom is 0.196 e. The maximum atomic E-state index is 13.4. The summed E-state index contributed by atoms with van der Waals surface area (Å²) in [6.07, 6.45) is 2.97. The number of pyridine rings is 1. The Kier molecular flexibility index (Phi) is 2.64. The van der Waals surface area contributed by atoms with E-state index in [9.17, 15) is 9.18 Å². The second kappa shape index (κ2) is 4.10. The van der Waals surface area contributed by atoms with Gasteiger partial charge >= 0.3 is 0 Å². The molecular weight excluding hydrogens is 207 g/mol. The lowest BCUT2D eigenvalue weighted by Gasteiger charge is -2.03. The number of anilines is 1. The Balaban J connectivity index is 2.46. The Bertz CT molecular complexity index is 526. The molecule has 16 heavy (non-hydrogen) atoms. The molecule has 0 radical (unpaired) electrons. The number of aromatic nitrogens is 1. The zero-order valence-corrected chi connectivity index (χ0v) is 8.35. The van der Waals surface area contributed by atoms with Gasteiger partial charge in [0.25, 0.3) is 0 Å². The highest BCUT2D eigenvalue weighted by molar-refractivity contribution is 6.09. The number of carbonyl (C=O) groups is 1. The third kappa shape index (κ3) is 1.91. The van der Waals surface area contributed by atoms with Crippen LogP contribution in [0.3, 0.4) is 0 Å². The lowest BCUT2D eigenvalue weighted by Crippen LogP contribution is -2.05. The normalized spacial score (nSPS) is 10.1. The largest absolute Gasteiger partial charge is 0.399 e. The maximum absolute atomic E-state index is 13.4. The van der Waals surface area contributed by atoms with E-state index in [0.717, 1.165) is 0 Å². The summed E-state index contributed by atoms with van der Waals surface area (Å²) >= 11 is 0. The average molecular weight is 216 g/mol. The van der Waals surface area contributed by atoms with Gasteiger partial charge in [-0.2, -0.15) is 0 Å². The first kappa shape index (κ1) is 10.3. The van der Waals surface area contributed by atoms with E-state index in [0.29, 0.717) is 11.3 Å². The lowest BCUT2D eigenvalue weighted by atomic mass is 10.0. The van der Waals surface area contributed by atoms with Gasteiger partial charge in [-0.1, -0.05) is 0 Å². The molecule has 2 N–H and O–H groups in total. The number of rotatable bonds is 2. The molecule has 0 bridgehead atoms. The number of ketones is 1. The number of nitrogen functional groups attached to an aromatic ring is 1. The third-order valence-electron chi connectivity index (χ3n) is 2.18. The fraction of sp³-hybridized carbons (Fsp3) is 0. The van der Waals surface area contributed by atoms with Crippen molar-refractivity contribution < 1.29 is 9.18 Å². The highest BCUT2D eigenvalue weighted by Crippen LogP contribution is 2.16. The van der Waals surface area contributed by atoms with Gasteiger partial charge in [0.05, 0.1) is 5.56 Å². The van der Waals surface area contributed by atoms with Crippen molar-refractivity contribution in [2.24, 2.45) is 0 Å². The number of halogens is 1. The summed E-state index contributed by atoms with van der Waals surface area (Å²) in [4.78, 5) is 15.7. The Hall–Kier alpha value is -2.23. The van der Waals surface area contributed by atoms with Crippen LogP contribution in [0.1, 0.15) is 15.9 Å². The Morgan fingerprint density at radius 3 is 2.56 bits per heavy atom. The SMILES string of the molecule is Nc1ccc(F)c(C(=O)c2ccncc2)c1. The molecule has 0 fully saturated rings. The number of hydrogen-bond acceptors (Lipinski definition) is 3. The van der Waals surface area contributed by atoms with Crippen molar-refractivity contribution in [1.82, 2.24) is 4.98 Å². The molecule has 1 heterocycles. The van der Waals surface area contributed by atoms with Crippen molar-refractivity contribution >= 4 is 11.5 Å². The van der Waals surface area contributed by atoms with Crippen LogP contribution in [-0.4, -0.2) is 10.8 Å². The van der Waals surface area contributed by atoms with Crippen LogP contribution in [0.5, 0.6) is 0 Å². The van der Waals surface area contributed by atoms with Crippen molar-refractivity contribution in [2.45, 2.75) is 0 Å². The molecule has 0 atom stereocenters. The molecule has 2 aromatic rings. The van der Waals surface area contributed by atoms with Crippen molar-refractivity contribution in [3.8, 4) is 0 Å². The molecule has 0 aliphatic carbocycles. The molecule has 0 aliphatic heterocycles. The van der Waals surface area contributed by atoms with Crippen molar-refractivity contribution in [2.75, 3.05) is 5.73 Å². The van der Waals surface area contributed by atoms with Crippen LogP contribution in [0.15, 0.2) is 42.7 Å². The van der Waals surface area contributed by atoms with Gasteiger partial charge in [0.1, 0.15) is 5.82 Å². The van der Waals surface area contributed by atoms with E-state index in [2.05, 4.69) is 4.98 Å². The fourth-order valence-corrected chi connectivity index (χ4v) is 1.38. The molecular formula is C12H9FN2O. The van der Waals surface area contributed by atoms with Gasteiger partial charge in [-0.25, -0.2) is 4.39 Å². The minimum absolute atomic E-state index is 0.0220. The second-order valence-electron chi connectivity index (χ2n) is 3.30. The summed E-state index contributed by atoms with van der Waals surface area (Å²) in [5.41, 5.74) is 6.24. The summed E-state index contributed by atoms with van der Waals surface area (Å²) in [5, 5.41) is 0. The van der Waals surface area contributed by atoms with Crippen molar-refractivity contribution in [3.05, 3.63) is 59.7 Å². The van der Waals surface area contributed by atoms with E-state index in [-0.39, 0.29) is 5.56 Å². The third-order valence-corrected chi connectivity index (χ3v) is 2.18. The number of nitrogens with zero attached hydrogens (tertiary/aromatic N) is 1. The van der Waals surface area contributed by atoms with Crippen LogP contribution in [0.25, 0.3) is 0 Å². The Morgan fingerprint density at radius 2 is 1.88 bits per heavy atom. The van der Waals surface area contributed by atoms with Gasteiger partial charge in [-0.05, 0) is 30.3 Å². The molecule has 0 amide bonds. The molecule has 0 aliphatic rings. The first-order valence-electron chi connectivity index (χ1n) is 4.68. The van der Waals surface area contributed by atoms with Crippen LogP contribution in [0, 0.1) is 5.82 Å². The molecule has 0 unspecified atom stereocenters. The number of hydrogen-bond donors (Lipinski definition) is 1. The number of benzene rings is 1. The zero-order valence-electron chi connectivity index (χ0n) is 8.35. The van der Waals surface area contributed by atoms with Crippen LogP contribution >= 0.6 is 0 Å². The van der Waals surface area contributed by atoms with Crippen molar-refractivity contribution in [3.63, 3.8) is 0 Å². The van der Waals surface area contributed by atoms with Gasteiger partial charge in [-0.15, -0.1) is 0 Å². The highest BCUT2D eigenvalue weighted by Gasteiger charge is 2.13. The van der Waals surface area contributed by atoms with E-state index in [1.165, 1.54) is 42.7 Å². The van der Waals surface area contributed by atoms with Gasteiger partial charge < -0.3 is 5.73 Å². The van der Waals surface area contributed by atoms with Crippen molar-refractivity contribution in [1.29, 1.82) is 0 Å². The smallest absolute Gasteiger partial charge is 0.196 e. The molecule has 1 aromatic carbocycles. The highest BCUT2D eigenvalue weighted by atomic mass is 19.1. The summed E-state index contributed by atoms with van der Waals surface area (Å²) in [6.45, 7) is 0. The fourth-order valence-electron chi connectivity index (χ4n) is 1.38. The second-order valence-corrected chi connectivity index (χ2v) is 3.30. The molecule has 0 spiro atoms. The first-order valence-corrected chi connectivity index (χ1v) is 4.68. The Morgan fingerprint density at radius 1 is 1.19 bits per heavy atom. The van der Waals surface area contributed by atoms with Gasteiger partial charge in [-0.3, -0.25) is 9.78 Å². The monoisotopic (exact) mass is 216 g/mol. The standard InChI is InChI=1S/C12H9FN2O/c13-11-2-1-9(14)7-10(11)12(16)8-3-5-15-6-4-8/h1-7H,14H2. The minimum Gasteiger partial charge on any atom is -0.399 e. The van der Waals surface area contributed by atoms with Crippen LogP contribution in [-0.2, 0) is 0 Å². The van der Waals surface area contributed by atoms with E-state index >= 15 is 0 Å². The summed E-state index contributed by atoms with van der Waals surface area (Å²) in [6, 6.07) is 7.00. The molecule has 3 nitrogen and oxygen atoms in total. The van der Waals surface area contributed by atoms with Crippen LogP contribution in [0.4, 0.5) is 10.1 Å². The number of nitrogens with two attached hydrogens (primary N) is 1. The average Bonchev–Trinajstić information content (AvgIpc) is 2.32. The zero-order chi connectivity index (χ0) is 11.5. The lowest BCUT2D eigenvalue weighted by molar-refractivity contribution is 0.103. The molecule has 2 rings (SSSR count). The van der Waals surface area contributed by atoms with Gasteiger partial charge in [0.15, 0.2) is 5.78 Å². The van der Waals surface area contributed by atoms with Gasteiger partial charge in [0.2, 0.25) is 0 Å². The summed E-state index contributed by atoms with van der Waals surface area (Å²) in [5.74, 6) is -0.969. The van der Waals surface area contributed by atoms with E-state index in [4.69, 9.17) is 5.73 Å².